The van der Waals surface area contributed by atoms with Gasteiger partial charge in [0.25, 0.3) is 0 Å². The maximum Gasteiger partial charge on any atom is 0.410 e. The van der Waals surface area contributed by atoms with Crippen LogP contribution in [-0.4, -0.2) is 23.4 Å². The molecular weight excluding hydrogens is 224 g/mol. The van der Waals surface area contributed by atoms with Crippen molar-refractivity contribution in [3.63, 3.8) is 0 Å². The summed E-state index contributed by atoms with van der Waals surface area (Å²) in [6, 6.07) is 1.22. The Labute approximate surface area is 98.8 Å². The monoisotopic (exact) mass is 238 g/mol. The number of alkyl carbamates (subject to hydrolysis) is 1. The number of amides is 3. The van der Waals surface area contributed by atoms with E-state index in [0.29, 0.717) is 0 Å². The molecular formula is C10H14N4O3. The van der Waals surface area contributed by atoms with E-state index in [9.17, 15) is 9.59 Å². The van der Waals surface area contributed by atoms with Crippen molar-refractivity contribution in [3.05, 3.63) is 12.3 Å². The minimum absolute atomic E-state index is 0.579. The minimum atomic E-state index is -1.58. The fraction of sp³-hybridized carbons (Fsp3) is 0.500. The summed E-state index contributed by atoms with van der Waals surface area (Å²) in [5.74, 6) is 0. The zero-order chi connectivity index (χ0) is 13.1. The van der Waals surface area contributed by atoms with Gasteiger partial charge in [-0.25, -0.2) is 9.59 Å². The number of rotatable bonds is 1. The minimum Gasteiger partial charge on any atom is -0.444 e. The molecule has 0 fully saturated rings. The van der Waals surface area contributed by atoms with Crippen molar-refractivity contribution in [3.8, 4) is 6.07 Å². The van der Waals surface area contributed by atoms with Crippen molar-refractivity contribution in [2.24, 2.45) is 0 Å². The van der Waals surface area contributed by atoms with Crippen LogP contribution in [0.2, 0.25) is 0 Å². The molecule has 3 amide bonds. The summed E-state index contributed by atoms with van der Waals surface area (Å²) in [5.41, 5.74) is -2.26. The number of nitrogens with zero attached hydrogens (tertiary/aromatic N) is 1. The smallest absolute Gasteiger partial charge is 0.410 e. The highest BCUT2D eigenvalue weighted by molar-refractivity contribution is 5.80. The lowest BCUT2D eigenvalue weighted by atomic mass is 10.1. The van der Waals surface area contributed by atoms with Gasteiger partial charge in [0.1, 0.15) is 11.7 Å². The van der Waals surface area contributed by atoms with Crippen LogP contribution in [-0.2, 0) is 4.74 Å². The van der Waals surface area contributed by atoms with Gasteiger partial charge in [-0.1, -0.05) is 0 Å². The Balaban J connectivity index is 2.74. The molecule has 1 unspecified atom stereocenters. The van der Waals surface area contributed by atoms with Crippen molar-refractivity contribution < 1.29 is 14.3 Å². The van der Waals surface area contributed by atoms with Gasteiger partial charge < -0.3 is 10.1 Å². The third kappa shape index (κ3) is 3.68. The predicted molar refractivity (Wildman–Crippen MR) is 58.5 cm³/mol. The number of carbonyl (C=O) groups is 2. The molecule has 0 spiro atoms. The van der Waals surface area contributed by atoms with E-state index in [-0.39, 0.29) is 0 Å². The molecule has 1 heterocycles. The normalized spacial score (nSPS) is 23.1. The Morgan fingerprint density at radius 3 is 2.71 bits per heavy atom. The summed E-state index contributed by atoms with van der Waals surface area (Å²) in [5, 5.41) is 15.9. The van der Waals surface area contributed by atoms with Gasteiger partial charge in [-0.05, 0) is 26.8 Å². The highest BCUT2D eigenvalue weighted by atomic mass is 16.6. The fourth-order valence-corrected chi connectivity index (χ4v) is 1.13. The first-order valence-corrected chi connectivity index (χ1v) is 4.95. The molecule has 17 heavy (non-hydrogen) atoms. The van der Waals surface area contributed by atoms with Crippen LogP contribution in [0.5, 0.6) is 0 Å². The summed E-state index contributed by atoms with van der Waals surface area (Å²) in [6.07, 6.45) is 1.81. The van der Waals surface area contributed by atoms with Gasteiger partial charge in [0.05, 0.1) is 0 Å². The number of urea groups is 1. The zero-order valence-electron chi connectivity index (χ0n) is 9.83. The number of hydrogen-bond acceptors (Lipinski definition) is 4. The van der Waals surface area contributed by atoms with Crippen LogP contribution in [0.15, 0.2) is 12.3 Å². The third-order valence-corrected chi connectivity index (χ3v) is 1.73. The second-order valence-electron chi connectivity index (χ2n) is 4.48. The van der Waals surface area contributed by atoms with E-state index in [1.807, 2.05) is 0 Å². The van der Waals surface area contributed by atoms with E-state index >= 15 is 0 Å². The SMILES string of the molecule is CC(C)(C)OC(=O)NC1(C#N)C=CNC(=O)N1. The van der Waals surface area contributed by atoms with Crippen LogP contribution in [0.4, 0.5) is 9.59 Å². The summed E-state index contributed by atoms with van der Waals surface area (Å²) in [6.45, 7) is 5.09. The molecule has 0 aromatic carbocycles. The van der Waals surface area contributed by atoms with E-state index in [1.54, 1.807) is 26.8 Å². The molecule has 0 saturated carbocycles. The zero-order valence-corrected chi connectivity index (χ0v) is 9.83. The summed E-state index contributed by atoms with van der Waals surface area (Å²) in [7, 11) is 0. The first-order chi connectivity index (χ1) is 7.76. The van der Waals surface area contributed by atoms with E-state index in [0.717, 1.165) is 0 Å². The quantitative estimate of drug-likeness (QED) is 0.620. The molecule has 1 aliphatic heterocycles. The maximum absolute atomic E-state index is 11.5. The lowest BCUT2D eigenvalue weighted by Crippen LogP contribution is -2.62. The lowest BCUT2D eigenvalue weighted by molar-refractivity contribution is 0.0488. The first kappa shape index (κ1) is 12.8. The molecule has 0 aromatic rings. The second kappa shape index (κ2) is 4.33. The molecule has 1 aliphatic rings. The molecule has 0 saturated heterocycles. The van der Waals surface area contributed by atoms with Crippen LogP contribution in [0, 0.1) is 11.3 Å². The van der Waals surface area contributed by atoms with Gasteiger partial charge in [0.15, 0.2) is 0 Å². The van der Waals surface area contributed by atoms with Crippen molar-refractivity contribution in [1.82, 2.24) is 16.0 Å². The molecule has 92 valence electrons. The van der Waals surface area contributed by atoms with E-state index < -0.39 is 23.4 Å². The number of nitriles is 1. The van der Waals surface area contributed by atoms with Gasteiger partial charge in [-0.3, -0.25) is 10.6 Å². The molecule has 0 aromatic heterocycles. The average molecular weight is 238 g/mol. The summed E-state index contributed by atoms with van der Waals surface area (Å²) in [4.78, 5) is 22.6. The molecule has 7 heteroatoms. The predicted octanol–water partition coefficient (Wildman–Crippen LogP) is 0.557. The van der Waals surface area contributed by atoms with Crippen molar-refractivity contribution >= 4 is 12.1 Å². The topological polar surface area (TPSA) is 103 Å². The number of nitrogens with one attached hydrogen (secondary N) is 3. The second-order valence-corrected chi connectivity index (χ2v) is 4.48. The Kier molecular flexibility index (Phi) is 3.27. The number of carbonyl (C=O) groups excluding carboxylic acids is 2. The van der Waals surface area contributed by atoms with Crippen LogP contribution >= 0.6 is 0 Å². The maximum atomic E-state index is 11.5. The molecule has 1 rings (SSSR count). The van der Waals surface area contributed by atoms with E-state index in [1.165, 1.54) is 12.3 Å². The Morgan fingerprint density at radius 1 is 1.59 bits per heavy atom. The van der Waals surface area contributed by atoms with Crippen LogP contribution < -0.4 is 16.0 Å². The summed E-state index contributed by atoms with van der Waals surface area (Å²) < 4.78 is 5.00. The molecule has 0 bridgehead atoms. The molecule has 1 atom stereocenters. The molecule has 0 aliphatic carbocycles. The average Bonchev–Trinajstić information content (AvgIpc) is 2.14. The van der Waals surface area contributed by atoms with Crippen LogP contribution in [0.25, 0.3) is 0 Å². The molecule has 0 radical (unpaired) electrons. The Morgan fingerprint density at radius 2 is 2.24 bits per heavy atom. The highest BCUT2D eigenvalue weighted by Crippen LogP contribution is 2.10. The Hall–Kier alpha value is -2.23. The van der Waals surface area contributed by atoms with Crippen molar-refractivity contribution in [1.29, 1.82) is 5.26 Å². The molecule has 7 nitrogen and oxygen atoms in total. The number of hydrogen-bond donors (Lipinski definition) is 3. The summed E-state index contributed by atoms with van der Waals surface area (Å²) >= 11 is 0. The van der Waals surface area contributed by atoms with Gasteiger partial charge >= 0.3 is 12.1 Å². The Bertz CT molecular complexity index is 405. The van der Waals surface area contributed by atoms with Gasteiger partial charge in [-0.2, -0.15) is 5.26 Å². The fourth-order valence-electron chi connectivity index (χ4n) is 1.13. The first-order valence-electron chi connectivity index (χ1n) is 4.95. The van der Waals surface area contributed by atoms with Gasteiger partial charge in [0.2, 0.25) is 5.66 Å². The van der Waals surface area contributed by atoms with Gasteiger partial charge in [0, 0.05) is 6.20 Å². The highest BCUT2D eigenvalue weighted by Gasteiger charge is 2.34. The molecule has 3 N–H and O–H groups in total. The van der Waals surface area contributed by atoms with Gasteiger partial charge in [-0.15, -0.1) is 0 Å². The van der Waals surface area contributed by atoms with Crippen molar-refractivity contribution in [2.75, 3.05) is 0 Å². The van der Waals surface area contributed by atoms with Crippen LogP contribution in [0.3, 0.4) is 0 Å². The van der Waals surface area contributed by atoms with Crippen LogP contribution in [0.1, 0.15) is 20.8 Å². The lowest BCUT2D eigenvalue weighted by Gasteiger charge is -2.29. The largest absolute Gasteiger partial charge is 0.444 e. The third-order valence-electron chi connectivity index (χ3n) is 1.73. The number of ether oxygens (including phenoxy) is 1. The van der Waals surface area contributed by atoms with Crippen molar-refractivity contribution in [2.45, 2.75) is 32.0 Å². The van der Waals surface area contributed by atoms with E-state index in [2.05, 4.69) is 16.0 Å². The standard InChI is InChI=1S/C10H14N4O3/c1-9(2,3)17-8(16)14-10(6-11)4-5-12-7(15)13-10/h4-5H,1-3H3,(H,14,16)(H2,12,13,15). The van der Waals surface area contributed by atoms with E-state index in [4.69, 9.17) is 10.00 Å².